The maximum absolute atomic E-state index is 14.0. The Bertz CT molecular complexity index is 828. The second kappa shape index (κ2) is 12.1. The number of carbonyl (C=O) groups is 3. The number of aromatic hydroxyl groups is 1. The quantitative estimate of drug-likeness (QED) is 0.438. The fourth-order valence-corrected chi connectivity index (χ4v) is 3.87. The van der Waals surface area contributed by atoms with E-state index in [1.807, 2.05) is 20.8 Å². The molecule has 1 aromatic carbocycles. The van der Waals surface area contributed by atoms with E-state index in [4.69, 9.17) is 4.74 Å². The number of alkyl carbamates (subject to hydrolysis) is 1. The molecule has 0 aromatic heterocycles. The number of phenolic OH excluding ortho intramolecular Hbond substituents is 1. The fourth-order valence-electron chi connectivity index (χ4n) is 3.87. The summed E-state index contributed by atoms with van der Waals surface area (Å²) >= 11 is 0. The molecule has 3 N–H and O–H groups in total. The van der Waals surface area contributed by atoms with Crippen molar-refractivity contribution >= 4 is 17.9 Å². The van der Waals surface area contributed by atoms with Crippen molar-refractivity contribution in [2.45, 2.75) is 97.4 Å². The predicted octanol–water partition coefficient (Wildman–Crippen LogP) is 4.28. The SMILES string of the molecule is CCCCNC(=O)C(c1ccc(O)cc1)N(C(=O)C(NC(=O)OC(C)(C)C)C(C)C)C1CCC1. The molecule has 1 aliphatic carbocycles. The van der Waals surface area contributed by atoms with Gasteiger partial charge in [-0.1, -0.05) is 39.3 Å². The Hall–Kier alpha value is -2.77. The van der Waals surface area contributed by atoms with Gasteiger partial charge in [0.15, 0.2) is 0 Å². The minimum absolute atomic E-state index is 0.0852. The molecule has 8 nitrogen and oxygen atoms in total. The van der Waals surface area contributed by atoms with E-state index in [1.54, 1.807) is 37.8 Å². The number of carbonyl (C=O) groups excluding carboxylic acids is 3. The number of nitrogens with one attached hydrogen (secondary N) is 2. The third kappa shape index (κ3) is 7.64. The topological polar surface area (TPSA) is 108 Å². The molecule has 34 heavy (non-hydrogen) atoms. The van der Waals surface area contributed by atoms with Crippen LogP contribution in [-0.2, 0) is 14.3 Å². The van der Waals surface area contributed by atoms with Gasteiger partial charge >= 0.3 is 6.09 Å². The average molecular weight is 476 g/mol. The van der Waals surface area contributed by atoms with Crippen LogP contribution in [0.1, 0.15) is 85.3 Å². The Balaban J connectivity index is 2.42. The summed E-state index contributed by atoms with van der Waals surface area (Å²) in [6, 6.07) is 4.56. The first kappa shape index (κ1) is 27.5. The van der Waals surface area contributed by atoms with Crippen LogP contribution in [0.2, 0.25) is 0 Å². The standard InChI is InChI=1S/C26H41N3O5/c1-7-8-16-27-23(31)22(18-12-14-20(30)15-13-18)29(19-10-9-11-19)24(32)21(17(2)3)28-25(33)34-26(4,5)6/h12-15,17,19,21-22,30H,7-11,16H2,1-6H3,(H,27,31)(H,28,33). The van der Waals surface area contributed by atoms with E-state index in [2.05, 4.69) is 10.6 Å². The summed E-state index contributed by atoms with van der Waals surface area (Å²) in [4.78, 5) is 41.5. The molecule has 8 heteroatoms. The van der Waals surface area contributed by atoms with Gasteiger partial charge in [-0.2, -0.15) is 0 Å². The average Bonchev–Trinajstić information content (AvgIpc) is 2.69. The van der Waals surface area contributed by atoms with Gasteiger partial charge in [0, 0.05) is 12.6 Å². The molecule has 3 amide bonds. The molecule has 2 rings (SSSR count). The van der Waals surface area contributed by atoms with E-state index in [-0.39, 0.29) is 29.5 Å². The van der Waals surface area contributed by atoms with Gasteiger partial charge in [-0.3, -0.25) is 9.59 Å². The molecule has 0 spiro atoms. The highest BCUT2D eigenvalue weighted by Gasteiger charge is 2.42. The first-order valence-electron chi connectivity index (χ1n) is 12.3. The normalized spacial score (nSPS) is 15.7. The number of benzene rings is 1. The molecule has 190 valence electrons. The van der Waals surface area contributed by atoms with Crippen molar-refractivity contribution in [2.75, 3.05) is 6.54 Å². The van der Waals surface area contributed by atoms with Crippen LogP contribution in [-0.4, -0.2) is 52.1 Å². The third-order valence-corrected chi connectivity index (χ3v) is 5.89. The second-order valence-electron chi connectivity index (χ2n) is 10.3. The summed E-state index contributed by atoms with van der Waals surface area (Å²) in [6.45, 7) is 11.6. The van der Waals surface area contributed by atoms with Crippen molar-refractivity contribution in [2.24, 2.45) is 5.92 Å². The Kier molecular flexibility index (Phi) is 9.77. The fraction of sp³-hybridized carbons (Fsp3) is 0.654. The van der Waals surface area contributed by atoms with Gasteiger partial charge in [0.05, 0.1) is 0 Å². The maximum atomic E-state index is 14.0. The van der Waals surface area contributed by atoms with Crippen LogP contribution < -0.4 is 10.6 Å². The van der Waals surface area contributed by atoms with E-state index in [0.717, 1.165) is 32.1 Å². The van der Waals surface area contributed by atoms with Crippen LogP contribution in [0.5, 0.6) is 5.75 Å². The number of rotatable bonds is 10. The Morgan fingerprint density at radius 3 is 2.24 bits per heavy atom. The molecule has 1 aliphatic rings. The Morgan fingerprint density at radius 1 is 1.15 bits per heavy atom. The molecule has 0 bridgehead atoms. The summed E-state index contributed by atoms with van der Waals surface area (Å²) in [6.07, 6.45) is 3.66. The van der Waals surface area contributed by atoms with Gasteiger partial charge in [0.2, 0.25) is 11.8 Å². The zero-order chi connectivity index (χ0) is 25.5. The highest BCUT2D eigenvalue weighted by atomic mass is 16.6. The van der Waals surface area contributed by atoms with Gasteiger partial charge in [-0.15, -0.1) is 0 Å². The first-order chi connectivity index (χ1) is 15.9. The van der Waals surface area contributed by atoms with Crippen LogP contribution in [0.15, 0.2) is 24.3 Å². The van der Waals surface area contributed by atoms with Crippen LogP contribution in [0.4, 0.5) is 4.79 Å². The predicted molar refractivity (Wildman–Crippen MR) is 131 cm³/mol. The van der Waals surface area contributed by atoms with Crippen LogP contribution in [0, 0.1) is 5.92 Å². The lowest BCUT2D eigenvalue weighted by molar-refractivity contribution is -0.148. The molecular weight excluding hydrogens is 434 g/mol. The summed E-state index contributed by atoms with van der Waals surface area (Å²) in [5, 5.41) is 15.5. The highest BCUT2D eigenvalue weighted by molar-refractivity contribution is 5.92. The Labute approximate surface area is 203 Å². The van der Waals surface area contributed by atoms with Gasteiger partial charge in [-0.25, -0.2) is 4.79 Å². The van der Waals surface area contributed by atoms with Crippen molar-refractivity contribution < 1.29 is 24.2 Å². The molecule has 2 atom stereocenters. The van der Waals surface area contributed by atoms with Gasteiger partial charge in [0.25, 0.3) is 0 Å². The molecule has 0 aliphatic heterocycles. The Morgan fingerprint density at radius 2 is 1.76 bits per heavy atom. The zero-order valence-electron chi connectivity index (χ0n) is 21.4. The van der Waals surface area contributed by atoms with E-state index >= 15 is 0 Å². The number of hydrogen-bond donors (Lipinski definition) is 3. The van der Waals surface area contributed by atoms with Gasteiger partial charge in [0.1, 0.15) is 23.4 Å². The van der Waals surface area contributed by atoms with Gasteiger partial charge < -0.3 is 25.4 Å². The summed E-state index contributed by atoms with van der Waals surface area (Å²) < 4.78 is 5.39. The van der Waals surface area contributed by atoms with E-state index in [9.17, 15) is 19.5 Å². The number of amides is 3. The lowest BCUT2D eigenvalue weighted by atomic mass is 9.87. The summed E-state index contributed by atoms with van der Waals surface area (Å²) in [5.74, 6) is -0.707. The summed E-state index contributed by atoms with van der Waals surface area (Å²) in [7, 11) is 0. The molecule has 1 fully saturated rings. The molecule has 1 saturated carbocycles. The number of unbranched alkanes of at least 4 members (excludes halogenated alkanes) is 1. The van der Waals surface area contributed by atoms with E-state index in [1.165, 1.54) is 12.1 Å². The molecule has 2 unspecified atom stereocenters. The van der Waals surface area contributed by atoms with Crippen molar-refractivity contribution in [3.05, 3.63) is 29.8 Å². The number of ether oxygens (including phenoxy) is 1. The van der Waals surface area contributed by atoms with Crippen molar-refractivity contribution in [1.82, 2.24) is 15.5 Å². The largest absolute Gasteiger partial charge is 0.508 e. The summed E-state index contributed by atoms with van der Waals surface area (Å²) in [5.41, 5.74) is -0.0809. The highest BCUT2D eigenvalue weighted by Crippen LogP contribution is 2.34. The molecule has 0 saturated heterocycles. The van der Waals surface area contributed by atoms with Crippen LogP contribution >= 0.6 is 0 Å². The van der Waals surface area contributed by atoms with E-state index < -0.39 is 23.8 Å². The lowest BCUT2D eigenvalue weighted by Gasteiger charge is -2.44. The third-order valence-electron chi connectivity index (χ3n) is 5.89. The van der Waals surface area contributed by atoms with Crippen molar-refractivity contribution in [3.63, 3.8) is 0 Å². The molecule has 0 radical (unpaired) electrons. The lowest BCUT2D eigenvalue weighted by Crippen LogP contribution is -2.58. The minimum Gasteiger partial charge on any atom is -0.508 e. The van der Waals surface area contributed by atoms with Crippen molar-refractivity contribution in [1.29, 1.82) is 0 Å². The van der Waals surface area contributed by atoms with Crippen LogP contribution in [0.3, 0.4) is 0 Å². The number of nitrogens with zero attached hydrogens (tertiary/aromatic N) is 1. The first-order valence-corrected chi connectivity index (χ1v) is 12.3. The van der Waals surface area contributed by atoms with Crippen molar-refractivity contribution in [3.8, 4) is 5.75 Å². The molecule has 1 aromatic rings. The minimum atomic E-state index is -0.864. The number of hydrogen-bond acceptors (Lipinski definition) is 5. The van der Waals surface area contributed by atoms with Crippen LogP contribution in [0.25, 0.3) is 0 Å². The van der Waals surface area contributed by atoms with E-state index in [0.29, 0.717) is 12.1 Å². The second-order valence-corrected chi connectivity index (χ2v) is 10.3. The van der Waals surface area contributed by atoms with Gasteiger partial charge in [-0.05, 0) is 70.1 Å². The molecule has 0 heterocycles. The number of phenols is 1. The molecular formula is C26H41N3O5. The zero-order valence-corrected chi connectivity index (χ0v) is 21.4. The maximum Gasteiger partial charge on any atom is 0.408 e. The monoisotopic (exact) mass is 475 g/mol. The smallest absolute Gasteiger partial charge is 0.408 e.